The fourth-order valence-electron chi connectivity index (χ4n) is 3.07. The van der Waals surface area contributed by atoms with E-state index in [0.29, 0.717) is 48.2 Å². The lowest BCUT2D eigenvalue weighted by Gasteiger charge is -2.14. The van der Waals surface area contributed by atoms with E-state index >= 15 is 0 Å². The molecule has 0 aliphatic heterocycles. The van der Waals surface area contributed by atoms with Crippen LogP contribution in [0.25, 0.3) is 11.0 Å². The number of amides is 1. The van der Waals surface area contributed by atoms with Gasteiger partial charge in [0.05, 0.1) is 18.9 Å². The highest BCUT2D eigenvalue weighted by atomic mass is 16.5. The zero-order chi connectivity index (χ0) is 21.5. The van der Waals surface area contributed by atoms with Crippen LogP contribution in [0.3, 0.4) is 0 Å². The van der Waals surface area contributed by atoms with E-state index < -0.39 is 5.63 Å². The highest BCUT2D eigenvalue weighted by Crippen LogP contribution is 2.29. The maximum atomic E-state index is 12.4. The zero-order valence-electron chi connectivity index (χ0n) is 17.3. The molecule has 1 aromatic heterocycles. The first-order chi connectivity index (χ1) is 14.5. The Morgan fingerprint density at radius 3 is 2.40 bits per heavy atom. The van der Waals surface area contributed by atoms with Crippen LogP contribution in [0.2, 0.25) is 0 Å². The van der Waals surface area contributed by atoms with Crippen molar-refractivity contribution >= 4 is 22.6 Å². The minimum atomic E-state index is -0.410. The van der Waals surface area contributed by atoms with E-state index in [1.54, 1.807) is 30.3 Å². The first-order valence-corrected chi connectivity index (χ1v) is 9.93. The fraction of sp³-hybridized carbons (Fsp3) is 0.304. The van der Waals surface area contributed by atoms with Crippen molar-refractivity contribution in [3.8, 4) is 17.2 Å². The minimum Gasteiger partial charge on any atom is -0.494 e. The molecule has 0 saturated heterocycles. The van der Waals surface area contributed by atoms with Gasteiger partial charge in [-0.25, -0.2) is 4.79 Å². The van der Waals surface area contributed by atoms with Crippen LogP contribution in [0.15, 0.2) is 51.7 Å². The third kappa shape index (κ3) is 5.11. The molecule has 158 valence electrons. The van der Waals surface area contributed by atoms with Crippen molar-refractivity contribution in [3.63, 3.8) is 0 Å². The van der Waals surface area contributed by atoms with Gasteiger partial charge in [-0.15, -0.1) is 0 Å². The van der Waals surface area contributed by atoms with Crippen LogP contribution in [0.4, 0.5) is 5.69 Å². The normalized spacial score (nSPS) is 10.6. The molecule has 30 heavy (non-hydrogen) atoms. The Labute approximate surface area is 174 Å². The molecule has 0 aliphatic rings. The molecule has 1 amide bonds. The first kappa shape index (κ1) is 21.2. The molecule has 0 unspecified atom stereocenters. The molecule has 0 spiro atoms. The standard InChI is InChI=1S/C23H25NO6/c1-4-15-11-23(26)30-21-13-17(7-9-18(15)21)29-14-22(25)24-19-12-16(27-5-2)8-10-20(19)28-6-3/h7-13H,4-6,14H2,1-3H3,(H,24,25). The van der Waals surface area contributed by atoms with Gasteiger partial charge in [-0.2, -0.15) is 0 Å². The van der Waals surface area contributed by atoms with Gasteiger partial charge in [-0.1, -0.05) is 6.92 Å². The largest absolute Gasteiger partial charge is 0.494 e. The van der Waals surface area contributed by atoms with Gasteiger partial charge in [0.15, 0.2) is 6.61 Å². The van der Waals surface area contributed by atoms with Crippen molar-refractivity contribution < 1.29 is 23.4 Å². The summed E-state index contributed by atoms with van der Waals surface area (Å²) >= 11 is 0. The number of benzene rings is 2. The molecule has 0 aliphatic carbocycles. The summed E-state index contributed by atoms with van der Waals surface area (Å²) in [6.45, 7) is 6.50. The van der Waals surface area contributed by atoms with Crippen molar-refractivity contribution in [2.75, 3.05) is 25.1 Å². The Hall–Kier alpha value is -3.48. The highest BCUT2D eigenvalue weighted by molar-refractivity contribution is 5.93. The number of aryl methyl sites for hydroxylation is 1. The lowest BCUT2D eigenvalue weighted by Crippen LogP contribution is -2.20. The monoisotopic (exact) mass is 411 g/mol. The maximum Gasteiger partial charge on any atom is 0.336 e. The SMILES string of the molecule is CCOc1ccc(OCC)c(NC(=O)COc2ccc3c(CC)cc(=O)oc3c2)c1. The summed E-state index contributed by atoms with van der Waals surface area (Å²) in [5, 5.41) is 3.64. The highest BCUT2D eigenvalue weighted by Gasteiger charge is 2.12. The van der Waals surface area contributed by atoms with Crippen LogP contribution in [0, 0.1) is 0 Å². The number of fused-ring (bicyclic) bond motifs is 1. The Morgan fingerprint density at radius 2 is 1.67 bits per heavy atom. The number of nitrogens with one attached hydrogen (secondary N) is 1. The van der Waals surface area contributed by atoms with Gasteiger partial charge in [0, 0.05) is 23.6 Å². The van der Waals surface area contributed by atoms with E-state index in [4.69, 9.17) is 18.6 Å². The molecule has 0 saturated carbocycles. The molecular weight excluding hydrogens is 386 g/mol. The summed E-state index contributed by atoms with van der Waals surface area (Å²) in [5.74, 6) is 1.26. The average molecular weight is 411 g/mol. The second kappa shape index (κ2) is 9.82. The lowest BCUT2D eigenvalue weighted by molar-refractivity contribution is -0.118. The molecule has 0 bridgehead atoms. The van der Waals surface area contributed by atoms with Gasteiger partial charge >= 0.3 is 5.63 Å². The molecule has 0 radical (unpaired) electrons. The summed E-state index contributed by atoms with van der Waals surface area (Å²) in [6.07, 6.45) is 0.716. The van der Waals surface area contributed by atoms with Crippen molar-refractivity contribution in [2.24, 2.45) is 0 Å². The fourth-order valence-corrected chi connectivity index (χ4v) is 3.07. The van der Waals surface area contributed by atoms with Gasteiger partial charge in [0.2, 0.25) is 0 Å². The van der Waals surface area contributed by atoms with Crippen LogP contribution >= 0.6 is 0 Å². The average Bonchev–Trinajstić information content (AvgIpc) is 2.73. The number of carbonyl (C=O) groups excluding carboxylic acids is 1. The van der Waals surface area contributed by atoms with Crippen molar-refractivity contribution in [2.45, 2.75) is 27.2 Å². The number of rotatable bonds is 9. The van der Waals surface area contributed by atoms with Crippen molar-refractivity contribution in [1.29, 1.82) is 0 Å². The molecule has 3 aromatic rings. The summed E-state index contributed by atoms with van der Waals surface area (Å²) in [5.41, 5.74) is 1.43. The van der Waals surface area contributed by atoms with Crippen LogP contribution < -0.4 is 25.2 Å². The predicted octanol–water partition coefficient (Wildman–Crippen LogP) is 4.17. The van der Waals surface area contributed by atoms with E-state index in [0.717, 1.165) is 10.9 Å². The second-order valence-electron chi connectivity index (χ2n) is 6.46. The lowest BCUT2D eigenvalue weighted by atomic mass is 10.1. The third-order valence-corrected chi connectivity index (χ3v) is 4.39. The zero-order valence-corrected chi connectivity index (χ0v) is 17.3. The Kier molecular flexibility index (Phi) is 6.95. The molecule has 0 fully saturated rings. The summed E-state index contributed by atoms with van der Waals surface area (Å²) < 4.78 is 21.9. The van der Waals surface area contributed by atoms with Crippen LogP contribution in [-0.2, 0) is 11.2 Å². The molecule has 3 rings (SSSR count). The smallest absolute Gasteiger partial charge is 0.336 e. The number of hydrogen-bond donors (Lipinski definition) is 1. The molecular formula is C23H25NO6. The van der Waals surface area contributed by atoms with Crippen LogP contribution in [0.1, 0.15) is 26.3 Å². The van der Waals surface area contributed by atoms with E-state index in [1.807, 2.05) is 26.8 Å². The van der Waals surface area contributed by atoms with Crippen molar-refractivity contribution in [1.82, 2.24) is 0 Å². The second-order valence-corrected chi connectivity index (χ2v) is 6.46. The van der Waals surface area contributed by atoms with Crippen LogP contribution in [0.5, 0.6) is 17.2 Å². The van der Waals surface area contributed by atoms with Crippen molar-refractivity contribution in [3.05, 3.63) is 58.4 Å². The molecule has 1 heterocycles. The number of carbonyl (C=O) groups is 1. The minimum absolute atomic E-state index is 0.215. The number of hydrogen-bond acceptors (Lipinski definition) is 6. The molecule has 1 N–H and O–H groups in total. The molecule has 0 atom stereocenters. The predicted molar refractivity (Wildman–Crippen MR) is 115 cm³/mol. The van der Waals surface area contributed by atoms with Gasteiger partial charge < -0.3 is 23.9 Å². The quantitative estimate of drug-likeness (QED) is 0.532. The Bertz CT molecular complexity index is 1090. The van der Waals surface area contributed by atoms with E-state index in [1.165, 1.54) is 6.07 Å². The topological polar surface area (TPSA) is 87.0 Å². The van der Waals surface area contributed by atoms with Gasteiger partial charge in [0.25, 0.3) is 5.91 Å². The summed E-state index contributed by atoms with van der Waals surface area (Å²) in [4.78, 5) is 24.1. The molecule has 7 nitrogen and oxygen atoms in total. The summed E-state index contributed by atoms with van der Waals surface area (Å²) in [7, 11) is 0. The number of anilines is 1. The molecule has 7 heteroatoms. The van der Waals surface area contributed by atoms with Gasteiger partial charge in [-0.3, -0.25) is 4.79 Å². The van der Waals surface area contributed by atoms with E-state index in [9.17, 15) is 9.59 Å². The van der Waals surface area contributed by atoms with Crippen LogP contribution in [-0.4, -0.2) is 25.7 Å². The number of ether oxygens (including phenoxy) is 3. The summed E-state index contributed by atoms with van der Waals surface area (Å²) in [6, 6.07) is 11.9. The molecule has 2 aromatic carbocycles. The van der Waals surface area contributed by atoms with Gasteiger partial charge in [0.1, 0.15) is 22.8 Å². The Balaban J connectivity index is 1.71. The maximum absolute atomic E-state index is 12.4. The van der Waals surface area contributed by atoms with E-state index in [2.05, 4.69) is 5.32 Å². The third-order valence-electron chi connectivity index (χ3n) is 4.39. The first-order valence-electron chi connectivity index (χ1n) is 9.93. The Morgan fingerprint density at radius 1 is 0.933 bits per heavy atom. The van der Waals surface area contributed by atoms with Gasteiger partial charge in [-0.05, 0) is 50.1 Å². The van der Waals surface area contributed by atoms with E-state index in [-0.39, 0.29) is 12.5 Å².